The van der Waals surface area contributed by atoms with E-state index in [1.165, 1.54) is 51.4 Å². The van der Waals surface area contributed by atoms with E-state index in [2.05, 4.69) is 106 Å². The van der Waals surface area contributed by atoms with Crippen molar-refractivity contribution in [2.24, 2.45) is 0 Å². The van der Waals surface area contributed by atoms with Crippen molar-refractivity contribution in [3.8, 4) is 0 Å². The van der Waals surface area contributed by atoms with Crippen LogP contribution in [-0.2, 0) is 28.6 Å². The van der Waals surface area contributed by atoms with Crippen LogP contribution in [-0.4, -0.2) is 37.2 Å². The van der Waals surface area contributed by atoms with Crippen LogP contribution in [0, 0.1) is 0 Å². The highest BCUT2D eigenvalue weighted by Crippen LogP contribution is 2.12. The van der Waals surface area contributed by atoms with Gasteiger partial charge in [-0.2, -0.15) is 0 Å². The van der Waals surface area contributed by atoms with E-state index >= 15 is 0 Å². The number of esters is 3. The number of ether oxygens (including phenoxy) is 3. The van der Waals surface area contributed by atoms with Gasteiger partial charge in [-0.3, -0.25) is 14.4 Å². The van der Waals surface area contributed by atoms with Crippen molar-refractivity contribution in [3.05, 3.63) is 97.2 Å². The maximum atomic E-state index is 12.7. The molecule has 0 spiro atoms. The maximum Gasteiger partial charge on any atom is 0.306 e. The zero-order valence-electron chi connectivity index (χ0n) is 38.0. The summed E-state index contributed by atoms with van der Waals surface area (Å²) in [4.78, 5) is 37.7. The predicted molar refractivity (Wildman–Crippen MR) is 251 cm³/mol. The van der Waals surface area contributed by atoms with Gasteiger partial charge < -0.3 is 14.2 Å². The molecule has 59 heavy (non-hydrogen) atoms. The van der Waals surface area contributed by atoms with E-state index in [4.69, 9.17) is 14.2 Å². The molecule has 0 rings (SSSR count). The number of allylic oxidation sites excluding steroid dienone is 16. The second-order valence-corrected chi connectivity index (χ2v) is 15.3. The Morgan fingerprint density at radius 1 is 0.356 bits per heavy atom. The standard InChI is InChI=1S/C53H86O6/c1-4-7-10-13-16-19-22-23-24-25-26-27-28-29-32-34-37-40-43-46-52(55)58-49-50(59-53(56)47-44-41-38-35-31-21-18-15-12-9-6-3)48-57-51(54)45-42-39-36-33-30-20-17-14-11-8-5-2/h7,10,14-19,23-24,26-27,29,32,37,40,50H,4-6,8-9,11-13,20-22,25,28,30-31,33-36,38-39,41-49H2,1-3H3/b10-7-,17-14-,18-15-,19-16-,24-23-,27-26-,32-29-,40-37-/t50-/m0/s1. The third kappa shape index (κ3) is 45.3. The van der Waals surface area contributed by atoms with Crippen LogP contribution in [0.5, 0.6) is 0 Å². The lowest BCUT2D eigenvalue weighted by atomic mass is 10.1. The second-order valence-electron chi connectivity index (χ2n) is 15.3. The molecule has 0 heterocycles. The second kappa shape index (κ2) is 47.0. The van der Waals surface area contributed by atoms with E-state index in [1.807, 2.05) is 12.2 Å². The van der Waals surface area contributed by atoms with Crippen molar-refractivity contribution >= 4 is 17.9 Å². The number of unbranched alkanes of at least 4 members (excludes halogenated alkanes) is 14. The van der Waals surface area contributed by atoms with Crippen LogP contribution in [0.15, 0.2) is 97.2 Å². The summed E-state index contributed by atoms with van der Waals surface area (Å²) in [5.41, 5.74) is 0. The fraction of sp³-hybridized carbons (Fsp3) is 0.642. The Bertz CT molecular complexity index is 1220. The largest absolute Gasteiger partial charge is 0.462 e. The molecule has 6 nitrogen and oxygen atoms in total. The number of hydrogen-bond acceptors (Lipinski definition) is 6. The minimum atomic E-state index is -0.814. The Morgan fingerprint density at radius 2 is 0.695 bits per heavy atom. The summed E-state index contributed by atoms with van der Waals surface area (Å²) in [6.45, 7) is 6.34. The summed E-state index contributed by atoms with van der Waals surface area (Å²) < 4.78 is 16.6. The van der Waals surface area contributed by atoms with Gasteiger partial charge in [-0.1, -0.05) is 182 Å². The predicted octanol–water partition coefficient (Wildman–Crippen LogP) is 15.4. The average molecular weight is 819 g/mol. The summed E-state index contributed by atoms with van der Waals surface area (Å²) >= 11 is 0. The quantitative estimate of drug-likeness (QED) is 0.0265. The summed E-state index contributed by atoms with van der Waals surface area (Å²) in [6.07, 6.45) is 61.2. The topological polar surface area (TPSA) is 78.9 Å². The van der Waals surface area contributed by atoms with Gasteiger partial charge in [0, 0.05) is 19.3 Å². The Kier molecular flexibility index (Phi) is 44.1. The van der Waals surface area contributed by atoms with Crippen molar-refractivity contribution in [2.45, 2.75) is 207 Å². The molecule has 1 atom stereocenters. The SMILES string of the molecule is CC/C=C\C/C=C\C/C=C\C/C=C\C/C=C\C/C=C\CCC(=O)OC[C@H](COC(=O)CCCCCCC/C=C\CCCC)OC(=O)CCCCCCC/C=C\CCCC. The smallest absolute Gasteiger partial charge is 0.306 e. The molecule has 0 N–H and O–H groups in total. The van der Waals surface area contributed by atoms with Crippen LogP contribution >= 0.6 is 0 Å². The van der Waals surface area contributed by atoms with Crippen molar-refractivity contribution in [1.82, 2.24) is 0 Å². The summed E-state index contributed by atoms with van der Waals surface area (Å²) in [6, 6.07) is 0. The number of rotatable bonds is 41. The molecule has 0 amide bonds. The Hall–Kier alpha value is -3.67. The number of carbonyl (C=O) groups excluding carboxylic acids is 3. The minimum Gasteiger partial charge on any atom is -0.462 e. The van der Waals surface area contributed by atoms with Crippen molar-refractivity contribution in [3.63, 3.8) is 0 Å². The zero-order chi connectivity index (χ0) is 43.0. The van der Waals surface area contributed by atoms with Crippen LogP contribution in [0.4, 0.5) is 0 Å². The molecule has 0 aliphatic rings. The Balaban J connectivity index is 4.50. The van der Waals surface area contributed by atoms with Crippen LogP contribution in [0.2, 0.25) is 0 Å². The molecule has 0 unspecified atom stereocenters. The number of hydrogen-bond donors (Lipinski definition) is 0. The lowest BCUT2D eigenvalue weighted by molar-refractivity contribution is -0.166. The molecule has 0 aromatic rings. The van der Waals surface area contributed by atoms with Crippen LogP contribution in [0.25, 0.3) is 0 Å². The average Bonchev–Trinajstić information content (AvgIpc) is 3.23. The Labute approximate surface area is 362 Å². The minimum absolute atomic E-state index is 0.110. The molecular formula is C53H86O6. The van der Waals surface area contributed by atoms with E-state index < -0.39 is 6.10 Å². The Morgan fingerprint density at radius 3 is 1.14 bits per heavy atom. The molecule has 0 radical (unpaired) electrons. The third-order valence-electron chi connectivity index (χ3n) is 9.56. The molecule has 0 saturated carbocycles. The van der Waals surface area contributed by atoms with Crippen molar-refractivity contribution in [1.29, 1.82) is 0 Å². The van der Waals surface area contributed by atoms with Gasteiger partial charge in [-0.05, 0) is 96.3 Å². The lowest BCUT2D eigenvalue weighted by Gasteiger charge is -2.18. The molecule has 0 aromatic heterocycles. The fourth-order valence-electron chi connectivity index (χ4n) is 5.96. The highest BCUT2D eigenvalue weighted by atomic mass is 16.6. The third-order valence-corrected chi connectivity index (χ3v) is 9.56. The van der Waals surface area contributed by atoms with Crippen molar-refractivity contribution < 1.29 is 28.6 Å². The number of carbonyl (C=O) groups is 3. The molecule has 0 aliphatic heterocycles. The molecule has 0 bridgehead atoms. The van der Waals surface area contributed by atoms with Crippen LogP contribution in [0.3, 0.4) is 0 Å². The first-order valence-electron chi connectivity index (χ1n) is 23.7. The summed E-state index contributed by atoms with van der Waals surface area (Å²) in [5, 5.41) is 0. The van der Waals surface area contributed by atoms with E-state index in [9.17, 15) is 14.4 Å². The molecular weight excluding hydrogens is 733 g/mol. The van der Waals surface area contributed by atoms with Crippen LogP contribution in [0.1, 0.15) is 201 Å². The van der Waals surface area contributed by atoms with Gasteiger partial charge in [0.1, 0.15) is 13.2 Å². The van der Waals surface area contributed by atoms with E-state index in [0.29, 0.717) is 19.3 Å². The first kappa shape index (κ1) is 55.3. The molecule has 0 aromatic carbocycles. The normalized spacial score (nSPS) is 12.9. The van der Waals surface area contributed by atoms with Gasteiger partial charge in [-0.25, -0.2) is 0 Å². The van der Waals surface area contributed by atoms with E-state index in [0.717, 1.165) is 103 Å². The molecule has 0 fully saturated rings. The van der Waals surface area contributed by atoms with Gasteiger partial charge in [0.15, 0.2) is 6.10 Å². The van der Waals surface area contributed by atoms with Crippen LogP contribution < -0.4 is 0 Å². The zero-order valence-corrected chi connectivity index (χ0v) is 38.0. The van der Waals surface area contributed by atoms with Gasteiger partial charge in [0.05, 0.1) is 0 Å². The lowest BCUT2D eigenvalue weighted by Crippen LogP contribution is -2.30. The summed E-state index contributed by atoms with van der Waals surface area (Å²) in [5.74, 6) is -1.03. The van der Waals surface area contributed by atoms with Gasteiger partial charge in [0.2, 0.25) is 0 Å². The first-order chi connectivity index (χ1) is 29.0. The molecule has 334 valence electrons. The summed E-state index contributed by atoms with van der Waals surface area (Å²) in [7, 11) is 0. The molecule has 6 heteroatoms. The highest BCUT2D eigenvalue weighted by molar-refractivity contribution is 5.71. The highest BCUT2D eigenvalue weighted by Gasteiger charge is 2.19. The molecule has 0 aliphatic carbocycles. The fourth-order valence-corrected chi connectivity index (χ4v) is 5.96. The first-order valence-corrected chi connectivity index (χ1v) is 23.7. The molecule has 0 saturated heterocycles. The van der Waals surface area contributed by atoms with Gasteiger partial charge in [-0.15, -0.1) is 0 Å². The van der Waals surface area contributed by atoms with E-state index in [-0.39, 0.29) is 37.5 Å². The van der Waals surface area contributed by atoms with Gasteiger partial charge in [0.25, 0.3) is 0 Å². The van der Waals surface area contributed by atoms with E-state index in [1.54, 1.807) is 0 Å². The van der Waals surface area contributed by atoms with Crippen molar-refractivity contribution in [2.75, 3.05) is 13.2 Å². The monoisotopic (exact) mass is 819 g/mol. The van der Waals surface area contributed by atoms with Gasteiger partial charge >= 0.3 is 17.9 Å². The maximum absolute atomic E-state index is 12.7.